The van der Waals surface area contributed by atoms with Crippen molar-refractivity contribution in [3.05, 3.63) is 58.8 Å². The lowest BCUT2D eigenvalue weighted by Crippen LogP contribution is -2.13. The fourth-order valence-corrected chi connectivity index (χ4v) is 1.87. The van der Waals surface area contributed by atoms with Crippen LogP contribution in [0.4, 0.5) is 4.39 Å². The van der Waals surface area contributed by atoms with E-state index in [4.69, 9.17) is 21.8 Å². The van der Waals surface area contributed by atoms with Crippen molar-refractivity contribution in [2.45, 2.75) is 12.5 Å². The molecule has 2 aromatic rings. The topological polar surface area (TPSA) is 39.2 Å². The first kappa shape index (κ1) is 11.2. The smallest absolute Gasteiger partial charge is 0.124 e. The second-order valence-corrected chi connectivity index (χ2v) is 3.96. The van der Waals surface area contributed by atoms with Gasteiger partial charge in [-0.1, -0.05) is 17.7 Å². The van der Waals surface area contributed by atoms with Gasteiger partial charge in [0.1, 0.15) is 11.6 Å². The molecule has 0 bridgehead atoms. The summed E-state index contributed by atoms with van der Waals surface area (Å²) in [6.07, 6.45) is 2.13. The Bertz CT molecular complexity index is 470. The normalized spacial score (nSPS) is 12.7. The predicted octanol–water partition coefficient (Wildman–Crippen LogP) is 3.31. The molecule has 2 nitrogen and oxygen atoms in total. The van der Waals surface area contributed by atoms with Crippen molar-refractivity contribution >= 4 is 11.6 Å². The van der Waals surface area contributed by atoms with Crippen LogP contribution in [0.2, 0.25) is 5.02 Å². The van der Waals surface area contributed by atoms with Gasteiger partial charge in [0.15, 0.2) is 0 Å². The summed E-state index contributed by atoms with van der Waals surface area (Å²) in [5, 5.41) is 0.346. The average molecular weight is 240 g/mol. The van der Waals surface area contributed by atoms with Gasteiger partial charge in [0.2, 0.25) is 0 Å². The maximum Gasteiger partial charge on any atom is 0.124 e. The first-order valence-electron chi connectivity index (χ1n) is 4.89. The SMILES string of the molecule is NC(Cc1ccco1)c1ccc(F)cc1Cl. The number of rotatable bonds is 3. The van der Waals surface area contributed by atoms with E-state index in [1.165, 1.54) is 12.1 Å². The van der Waals surface area contributed by atoms with Gasteiger partial charge in [-0.3, -0.25) is 0 Å². The Labute approximate surface area is 97.8 Å². The van der Waals surface area contributed by atoms with Crippen LogP contribution in [0.25, 0.3) is 0 Å². The molecule has 0 amide bonds. The van der Waals surface area contributed by atoms with Gasteiger partial charge in [-0.15, -0.1) is 0 Å². The van der Waals surface area contributed by atoms with Crippen LogP contribution in [-0.4, -0.2) is 0 Å². The van der Waals surface area contributed by atoms with Crippen LogP contribution < -0.4 is 5.73 Å². The molecule has 0 radical (unpaired) electrons. The van der Waals surface area contributed by atoms with E-state index in [-0.39, 0.29) is 11.9 Å². The Hall–Kier alpha value is -1.32. The molecule has 2 N–H and O–H groups in total. The van der Waals surface area contributed by atoms with Gasteiger partial charge >= 0.3 is 0 Å². The molecule has 0 aliphatic heterocycles. The van der Waals surface area contributed by atoms with Gasteiger partial charge in [0.25, 0.3) is 0 Å². The second kappa shape index (κ2) is 4.68. The molecular weight excluding hydrogens is 229 g/mol. The molecule has 0 fully saturated rings. The van der Waals surface area contributed by atoms with Gasteiger partial charge < -0.3 is 10.2 Å². The largest absolute Gasteiger partial charge is 0.469 e. The van der Waals surface area contributed by atoms with E-state index in [1.807, 2.05) is 6.07 Å². The Balaban J connectivity index is 2.17. The number of hydrogen-bond acceptors (Lipinski definition) is 2. The van der Waals surface area contributed by atoms with E-state index in [9.17, 15) is 4.39 Å². The molecule has 1 unspecified atom stereocenters. The van der Waals surface area contributed by atoms with Crippen LogP contribution in [0.3, 0.4) is 0 Å². The maximum absolute atomic E-state index is 12.8. The van der Waals surface area contributed by atoms with E-state index in [1.54, 1.807) is 18.4 Å². The lowest BCUT2D eigenvalue weighted by molar-refractivity contribution is 0.488. The van der Waals surface area contributed by atoms with Crippen molar-refractivity contribution in [1.29, 1.82) is 0 Å². The summed E-state index contributed by atoms with van der Waals surface area (Å²) in [6, 6.07) is 7.57. The molecule has 0 saturated carbocycles. The molecule has 16 heavy (non-hydrogen) atoms. The first-order chi connectivity index (χ1) is 7.66. The summed E-state index contributed by atoms with van der Waals surface area (Å²) in [5.41, 5.74) is 6.69. The summed E-state index contributed by atoms with van der Waals surface area (Å²) in [7, 11) is 0. The standard InChI is InChI=1S/C12H11ClFNO/c13-11-6-8(14)3-4-10(11)12(15)7-9-2-1-5-16-9/h1-6,12H,7,15H2. The minimum Gasteiger partial charge on any atom is -0.469 e. The summed E-state index contributed by atoms with van der Waals surface area (Å²) in [6.45, 7) is 0. The monoisotopic (exact) mass is 239 g/mol. The number of halogens is 2. The van der Waals surface area contributed by atoms with Crippen LogP contribution in [0, 0.1) is 5.82 Å². The quantitative estimate of drug-likeness (QED) is 0.893. The second-order valence-electron chi connectivity index (χ2n) is 3.56. The van der Waals surface area contributed by atoms with E-state index >= 15 is 0 Å². The van der Waals surface area contributed by atoms with Crippen LogP contribution in [0.15, 0.2) is 41.0 Å². The number of hydrogen-bond donors (Lipinski definition) is 1. The lowest BCUT2D eigenvalue weighted by Gasteiger charge is -2.12. The van der Waals surface area contributed by atoms with Crippen molar-refractivity contribution in [2.75, 3.05) is 0 Å². The molecule has 1 aromatic heterocycles. The summed E-state index contributed by atoms with van der Waals surface area (Å²) >= 11 is 5.91. The highest BCUT2D eigenvalue weighted by atomic mass is 35.5. The molecule has 0 spiro atoms. The third kappa shape index (κ3) is 2.43. The third-order valence-corrected chi connectivity index (χ3v) is 2.69. The van der Waals surface area contributed by atoms with Gasteiger partial charge in [-0.05, 0) is 29.8 Å². The van der Waals surface area contributed by atoms with Gasteiger partial charge in [0, 0.05) is 17.5 Å². The molecular formula is C12H11ClFNO. The number of benzene rings is 1. The van der Waals surface area contributed by atoms with Crippen molar-refractivity contribution in [2.24, 2.45) is 5.73 Å². The zero-order valence-corrected chi connectivity index (χ0v) is 9.25. The summed E-state index contributed by atoms with van der Waals surface area (Å²) in [5.74, 6) is 0.423. The zero-order chi connectivity index (χ0) is 11.5. The molecule has 1 aromatic carbocycles. The molecule has 4 heteroatoms. The lowest BCUT2D eigenvalue weighted by atomic mass is 10.0. The van der Waals surface area contributed by atoms with Crippen LogP contribution >= 0.6 is 11.6 Å². The van der Waals surface area contributed by atoms with E-state index in [0.717, 1.165) is 11.3 Å². The van der Waals surface area contributed by atoms with Gasteiger partial charge in [-0.25, -0.2) is 4.39 Å². The fraction of sp³-hybridized carbons (Fsp3) is 0.167. The van der Waals surface area contributed by atoms with E-state index < -0.39 is 0 Å². The Morgan fingerprint density at radius 2 is 2.19 bits per heavy atom. The van der Waals surface area contributed by atoms with Gasteiger partial charge in [0.05, 0.1) is 6.26 Å². The summed E-state index contributed by atoms with van der Waals surface area (Å²) < 4.78 is 18.0. The minimum atomic E-state index is -0.362. The Kier molecular flexibility index (Phi) is 3.27. The summed E-state index contributed by atoms with van der Waals surface area (Å²) in [4.78, 5) is 0. The van der Waals surface area contributed by atoms with Crippen LogP contribution in [-0.2, 0) is 6.42 Å². The van der Waals surface area contributed by atoms with Crippen LogP contribution in [0.5, 0.6) is 0 Å². The van der Waals surface area contributed by atoms with Crippen LogP contribution in [0.1, 0.15) is 17.4 Å². The minimum absolute atomic E-state index is 0.292. The molecule has 1 heterocycles. The molecule has 0 aliphatic rings. The predicted molar refractivity (Wildman–Crippen MR) is 60.8 cm³/mol. The Morgan fingerprint density at radius 1 is 1.38 bits per heavy atom. The maximum atomic E-state index is 12.8. The highest BCUT2D eigenvalue weighted by molar-refractivity contribution is 6.31. The molecule has 0 aliphatic carbocycles. The van der Waals surface area contributed by atoms with Crippen molar-refractivity contribution in [1.82, 2.24) is 0 Å². The van der Waals surface area contributed by atoms with E-state index in [2.05, 4.69) is 0 Å². The third-order valence-electron chi connectivity index (χ3n) is 2.36. The highest BCUT2D eigenvalue weighted by Gasteiger charge is 2.12. The van der Waals surface area contributed by atoms with Crippen molar-refractivity contribution < 1.29 is 8.81 Å². The van der Waals surface area contributed by atoms with Crippen molar-refractivity contribution in [3.63, 3.8) is 0 Å². The Morgan fingerprint density at radius 3 is 2.81 bits per heavy atom. The average Bonchev–Trinajstić information content (AvgIpc) is 2.70. The molecule has 2 rings (SSSR count). The number of furan rings is 1. The molecule has 0 saturated heterocycles. The van der Waals surface area contributed by atoms with Gasteiger partial charge in [-0.2, -0.15) is 0 Å². The molecule has 84 valence electrons. The fourth-order valence-electron chi connectivity index (χ4n) is 1.56. The highest BCUT2D eigenvalue weighted by Crippen LogP contribution is 2.24. The first-order valence-corrected chi connectivity index (χ1v) is 5.27. The number of nitrogens with two attached hydrogens (primary N) is 1. The van der Waals surface area contributed by atoms with Crippen molar-refractivity contribution in [3.8, 4) is 0 Å². The van der Waals surface area contributed by atoms with E-state index in [0.29, 0.717) is 11.4 Å². The molecule has 1 atom stereocenters. The zero-order valence-electron chi connectivity index (χ0n) is 8.49.